The van der Waals surface area contributed by atoms with Crippen LogP contribution in [0.15, 0.2) is 57.9 Å². The molecule has 0 spiro atoms. The van der Waals surface area contributed by atoms with E-state index < -0.39 is 21.8 Å². The van der Waals surface area contributed by atoms with Crippen molar-refractivity contribution in [2.75, 3.05) is 18.4 Å². The molecule has 1 aromatic heterocycles. The largest absolute Gasteiger partial charge is 0.355 e. The Hall–Kier alpha value is -3.01. The van der Waals surface area contributed by atoms with Crippen LogP contribution in [0.3, 0.4) is 0 Å². The van der Waals surface area contributed by atoms with E-state index in [-0.39, 0.29) is 40.9 Å². The van der Waals surface area contributed by atoms with Gasteiger partial charge in [-0.05, 0) is 56.2 Å². The number of rotatable bonds is 6. The molecule has 1 aliphatic heterocycles. The fourth-order valence-corrected chi connectivity index (χ4v) is 5.85. The molecule has 1 saturated heterocycles. The Bertz CT molecular complexity index is 1340. The highest BCUT2D eigenvalue weighted by molar-refractivity contribution is 7.89. The molecule has 2 aromatic carbocycles. The predicted octanol–water partition coefficient (Wildman–Crippen LogP) is 4.99. The van der Waals surface area contributed by atoms with Crippen LogP contribution in [-0.2, 0) is 14.8 Å². The zero-order chi connectivity index (χ0) is 24.3. The number of aromatic nitrogens is 1. The number of piperidine rings is 1. The molecule has 2 heterocycles. The molecule has 1 fully saturated rings. The molecule has 0 saturated carbocycles. The SMILES string of the molecule is Cc1noc(/C=C/c2ccccc2F)c1S(=O)(=O)N1CCC[C@H](C(=O)Nc2cccc(Cl)c2)C1. The van der Waals surface area contributed by atoms with Crippen molar-refractivity contribution in [3.8, 4) is 0 Å². The van der Waals surface area contributed by atoms with Crippen molar-refractivity contribution >= 4 is 45.4 Å². The number of hydrogen-bond donors (Lipinski definition) is 1. The Morgan fingerprint density at radius 1 is 1.24 bits per heavy atom. The minimum Gasteiger partial charge on any atom is -0.355 e. The maximum atomic E-state index is 14.0. The summed E-state index contributed by atoms with van der Waals surface area (Å²) < 4.78 is 47.5. The summed E-state index contributed by atoms with van der Waals surface area (Å²) in [7, 11) is -4.01. The van der Waals surface area contributed by atoms with Gasteiger partial charge in [0.2, 0.25) is 15.9 Å². The number of benzene rings is 2. The molecular weight excluding hydrogens is 481 g/mol. The first-order valence-corrected chi connectivity index (χ1v) is 12.5. The van der Waals surface area contributed by atoms with Crippen LogP contribution in [0.2, 0.25) is 5.02 Å². The number of nitrogens with zero attached hydrogens (tertiary/aromatic N) is 2. The topological polar surface area (TPSA) is 92.5 Å². The molecule has 10 heteroatoms. The van der Waals surface area contributed by atoms with Gasteiger partial charge in [0.15, 0.2) is 10.7 Å². The molecule has 178 valence electrons. The summed E-state index contributed by atoms with van der Waals surface area (Å²) in [6.45, 7) is 1.82. The maximum absolute atomic E-state index is 14.0. The van der Waals surface area contributed by atoms with Crippen molar-refractivity contribution in [2.45, 2.75) is 24.7 Å². The summed E-state index contributed by atoms with van der Waals surface area (Å²) in [6.07, 6.45) is 3.91. The van der Waals surface area contributed by atoms with Gasteiger partial charge in [-0.2, -0.15) is 4.31 Å². The number of carbonyl (C=O) groups excluding carboxylic acids is 1. The van der Waals surface area contributed by atoms with Crippen molar-refractivity contribution in [3.05, 3.63) is 76.4 Å². The van der Waals surface area contributed by atoms with Gasteiger partial charge in [0.25, 0.3) is 0 Å². The number of anilines is 1. The molecule has 0 radical (unpaired) electrons. The summed E-state index contributed by atoms with van der Waals surface area (Å²) in [5.74, 6) is -1.24. The van der Waals surface area contributed by atoms with Gasteiger partial charge in [-0.3, -0.25) is 4.79 Å². The molecule has 0 bridgehead atoms. The molecule has 3 aromatic rings. The summed E-state index contributed by atoms with van der Waals surface area (Å²) in [4.78, 5) is 12.7. The van der Waals surface area contributed by atoms with E-state index in [9.17, 15) is 17.6 Å². The fraction of sp³-hybridized carbons (Fsp3) is 0.250. The second-order valence-electron chi connectivity index (χ2n) is 8.02. The highest BCUT2D eigenvalue weighted by Crippen LogP contribution is 2.30. The van der Waals surface area contributed by atoms with E-state index in [1.807, 2.05) is 0 Å². The number of hydrogen-bond acceptors (Lipinski definition) is 5. The molecular formula is C24H23ClFN3O4S. The maximum Gasteiger partial charge on any atom is 0.248 e. The molecule has 1 N–H and O–H groups in total. The lowest BCUT2D eigenvalue weighted by Crippen LogP contribution is -2.43. The third-order valence-electron chi connectivity index (χ3n) is 5.60. The minimum absolute atomic E-state index is 0.00579. The molecule has 1 amide bonds. The van der Waals surface area contributed by atoms with Crippen molar-refractivity contribution in [1.82, 2.24) is 9.46 Å². The van der Waals surface area contributed by atoms with Gasteiger partial charge in [-0.1, -0.05) is 41.0 Å². The van der Waals surface area contributed by atoms with E-state index >= 15 is 0 Å². The molecule has 0 unspecified atom stereocenters. The smallest absolute Gasteiger partial charge is 0.248 e. The molecule has 34 heavy (non-hydrogen) atoms. The Morgan fingerprint density at radius 2 is 2.03 bits per heavy atom. The standard InChI is InChI=1S/C24H23ClFN3O4S/c1-16-23(22(33-28-16)12-11-17-6-2-3-10-21(17)26)34(31,32)29-13-5-7-18(15-29)24(30)27-20-9-4-8-19(25)14-20/h2-4,6,8-12,14,18H,5,7,13,15H2,1H3,(H,27,30)/b12-11+/t18-/m0/s1. The Balaban J connectivity index is 1.54. The second-order valence-corrected chi connectivity index (χ2v) is 10.3. The Morgan fingerprint density at radius 3 is 2.79 bits per heavy atom. The highest BCUT2D eigenvalue weighted by atomic mass is 35.5. The van der Waals surface area contributed by atoms with Crippen LogP contribution in [-0.4, -0.2) is 36.9 Å². The van der Waals surface area contributed by atoms with Crippen LogP contribution < -0.4 is 5.32 Å². The number of halogens is 2. The van der Waals surface area contributed by atoms with Crippen LogP contribution in [0.25, 0.3) is 12.2 Å². The average molecular weight is 504 g/mol. The summed E-state index contributed by atoms with van der Waals surface area (Å²) in [5, 5.41) is 7.11. The number of sulfonamides is 1. The van der Waals surface area contributed by atoms with Crippen LogP contribution >= 0.6 is 11.6 Å². The van der Waals surface area contributed by atoms with Crippen LogP contribution in [0, 0.1) is 18.7 Å². The molecule has 0 aliphatic carbocycles. The third kappa shape index (κ3) is 5.22. The van der Waals surface area contributed by atoms with Gasteiger partial charge >= 0.3 is 0 Å². The van der Waals surface area contributed by atoms with Crippen LogP contribution in [0.1, 0.15) is 29.9 Å². The van der Waals surface area contributed by atoms with Gasteiger partial charge in [0.1, 0.15) is 11.5 Å². The van der Waals surface area contributed by atoms with E-state index in [1.165, 1.54) is 29.4 Å². The monoisotopic (exact) mass is 503 g/mol. The zero-order valence-corrected chi connectivity index (χ0v) is 19.9. The van der Waals surface area contributed by atoms with Gasteiger partial charge in [0, 0.05) is 29.4 Å². The van der Waals surface area contributed by atoms with E-state index in [4.69, 9.17) is 16.1 Å². The number of amides is 1. The van der Waals surface area contributed by atoms with Gasteiger partial charge in [-0.25, -0.2) is 12.8 Å². The number of aryl methyl sites for hydroxylation is 1. The second kappa shape index (κ2) is 10.1. The summed E-state index contributed by atoms with van der Waals surface area (Å²) in [5.41, 5.74) is 1.03. The normalized spacial score (nSPS) is 17.2. The average Bonchev–Trinajstić information content (AvgIpc) is 3.19. The molecule has 1 aliphatic rings. The third-order valence-corrected chi connectivity index (χ3v) is 7.86. The Labute approximate surface area is 202 Å². The van der Waals surface area contributed by atoms with E-state index in [1.54, 1.807) is 42.5 Å². The predicted molar refractivity (Wildman–Crippen MR) is 128 cm³/mol. The first kappa shape index (κ1) is 24.1. The fourth-order valence-electron chi connectivity index (χ4n) is 3.89. The molecule has 4 rings (SSSR count). The lowest BCUT2D eigenvalue weighted by atomic mass is 9.99. The first-order chi connectivity index (χ1) is 16.3. The zero-order valence-electron chi connectivity index (χ0n) is 18.4. The highest BCUT2D eigenvalue weighted by Gasteiger charge is 2.37. The van der Waals surface area contributed by atoms with Crippen LogP contribution in [0.5, 0.6) is 0 Å². The van der Waals surface area contributed by atoms with Crippen molar-refractivity contribution in [3.63, 3.8) is 0 Å². The van der Waals surface area contributed by atoms with Crippen LogP contribution in [0.4, 0.5) is 10.1 Å². The number of nitrogens with one attached hydrogen (secondary N) is 1. The van der Waals surface area contributed by atoms with Gasteiger partial charge in [0.05, 0.1) is 5.92 Å². The number of carbonyl (C=O) groups is 1. The van der Waals surface area contributed by atoms with E-state index in [0.717, 1.165) is 0 Å². The van der Waals surface area contributed by atoms with Gasteiger partial charge < -0.3 is 9.84 Å². The van der Waals surface area contributed by atoms with E-state index in [0.29, 0.717) is 23.6 Å². The van der Waals surface area contributed by atoms with Crippen molar-refractivity contribution in [1.29, 1.82) is 0 Å². The summed E-state index contributed by atoms with van der Waals surface area (Å²) in [6, 6.07) is 12.9. The lowest BCUT2D eigenvalue weighted by molar-refractivity contribution is -0.120. The minimum atomic E-state index is -4.01. The first-order valence-electron chi connectivity index (χ1n) is 10.7. The lowest BCUT2D eigenvalue weighted by Gasteiger charge is -2.31. The van der Waals surface area contributed by atoms with Gasteiger partial charge in [-0.15, -0.1) is 0 Å². The Kier molecular flexibility index (Phi) is 7.16. The molecule has 1 atom stereocenters. The summed E-state index contributed by atoms with van der Waals surface area (Å²) >= 11 is 5.98. The molecule has 7 nitrogen and oxygen atoms in total. The quantitative estimate of drug-likeness (QED) is 0.512. The van der Waals surface area contributed by atoms with E-state index in [2.05, 4.69) is 10.5 Å². The van der Waals surface area contributed by atoms with Crippen molar-refractivity contribution < 1.29 is 22.1 Å². The van der Waals surface area contributed by atoms with Crippen molar-refractivity contribution in [2.24, 2.45) is 5.92 Å².